The minimum Gasteiger partial charge on any atom is -0.454 e. The molecule has 3 heterocycles. The summed E-state index contributed by atoms with van der Waals surface area (Å²) in [5.74, 6) is -0.799. The van der Waals surface area contributed by atoms with Crippen LogP contribution < -0.4 is 5.56 Å². The lowest BCUT2D eigenvalue weighted by Crippen LogP contribution is -2.44. The summed E-state index contributed by atoms with van der Waals surface area (Å²) in [6.45, 7) is 5.98. The molecular formula is C18H23N3O4S. The van der Waals surface area contributed by atoms with Gasteiger partial charge in [0.2, 0.25) is 0 Å². The van der Waals surface area contributed by atoms with Crippen molar-refractivity contribution < 1.29 is 14.3 Å². The number of aryl methyl sites for hydroxylation is 2. The zero-order chi connectivity index (χ0) is 18.8. The minimum absolute atomic E-state index is 0.175. The van der Waals surface area contributed by atoms with Gasteiger partial charge in [-0.2, -0.15) is 0 Å². The predicted molar refractivity (Wildman–Crippen MR) is 99.3 cm³/mol. The van der Waals surface area contributed by atoms with Crippen molar-refractivity contribution in [3.63, 3.8) is 0 Å². The van der Waals surface area contributed by atoms with Gasteiger partial charge in [0.15, 0.2) is 6.61 Å². The van der Waals surface area contributed by atoms with E-state index in [4.69, 9.17) is 4.74 Å². The number of ether oxygens (including phenoxy) is 1. The second-order valence-corrected chi connectivity index (χ2v) is 7.94. The smallest absolute Gasteiger partial charge is 0.326 e. The number of fused-ring (bicyclic) bond motifs is 1. The largest absolute Gasteiger partial charge is 0.454 e. The first-order valence-corrected chi connectivity index (χ1v) is 9.60. The van der Waals surface area contributed by atoms with Gasteiger partial charge in [0.25, 0.3) is 11.5 Å². The van der Waals surface area contributed by atoms with E-state index in [0.29, 0.717) is 16.8 Å². The van der Waals surface area contributed by atoms with Gasteiger partial charge in [0.1, 0.15) is 11.4 Å². The number of aromatic nitrogens is 2. The fraction of sp³-hybridized carbons (Fsp3) is 0.556. The van der Waals surface area contributed by atoms with Gasteiger partial charge in [0.05, 0.1) is 11.7 Å². The van der Waals surface area contributed by atoms with Crippen LogP contribution in [0.15, 0.2) is 11.1 Å². The van der Waals surface area contributed by atoms with Crippen molar-refractivity contribution in [3.05, 3.63) is 27.1 Å². The molecule has 0 N–H and O–H groups in total. The Bertz CT molecular complexity index is 902. The molecule has 2 aromatic rings. The van der Waals surface area contributed by atoms with E-state index < -0.39 is 5.97 Å². The van der Waals surface area contributed by atoms with Gasteiger partial charge in [-0.1, -0.05) is 0 Å². The summed E-state index contributed by atoms with van der Waals surface area (Å²) in [6, 6.07) is 0.175. The van der Waals surface area contributed by atoms with Crippen molar-refractivity contribution in [2.45, 2.75) is 52.6 Å². The zero-order valence-corrected chi connectivity index (χ0v) is 16.1. The molecule has 1 amide bonds. The van der Waals surface area contributed by atoms with Crippen molar-refractivity contribution in [2.24, 2.45) is 0 Å². The van der Waals surface area contributed by atoms with E-state index in [1.54, 1.807) is 4.90 Å². The SMILES string of the molecule is Cc1sc2ncn(CC(=O)OCC(=O)N3CCCC[C@H]3C)c(=O)c2c1C. The van der Waals surface area contributed by atoms with Crippen LogP contribution in [-0.4, -0.2) is 45.5 Å². The highest BCUT2D eigenvalue weighted by Gasteiger charge is 2.24. The average molecular weight is 377 g/mol. The molecule has 2 aromatic heterocycles. The van der Waals surface area contributed by atoms with E-state index in [9.17, 15) is 14.4 Å². The number of esters is 1. The topological polar surface area (TPSA) is 81.5 Å². The van der Waals surface area contributed by atoms with Gasteiger partial charge in [-0.15, -0.1) is 11.3 Å². The van der Waals surface area contributed by atoms with Gasteiger partial charge in [-0.25, -0.2) is 4.98 Å². The van der Waals surface area contributed by atoms with Crippen molar-refractivity contribution in [3.8, 4) is 0 Å². The van der Waals surface area contributed by atoms with Crippen LogP contribution in [0.25, 0.3) is 10.2 Å². The Kier molecular flexibility index (Phi) is 5.41. The molecule has 140 valence electrons. The summed E-state index contributed by atoms with van der Waals surface area (Å²) in [4.78, 5) is 44.6. The monoisotopic (exact) mass is 377 g/mol. The Morgan fingerprint density at radius 1 is 1.35 bits per heavy atom. The van der Waals surface area contributed by atoms with E-state index in [1.807, 2.05) is 20.8 Å². The standard InChI is InChI=1S/C18H23N3O4S/c1-11-6-4-5-7-21(11)14(22)9-25-15(23)8-20-10-19-17-16(18(20)24)12(2)13(3)26-17/h10-11H,4-9H2,1-3H3/t11-/m1/s1. The first kappa shape index (κ1) is 18.6. The second-order valence-electron chi connectivity index (χ2n) is 6.73. The molecule has 0 aliphatic carbocycles. The fourth-order valence-corrected chi connectivity index (χ4v) is 4.25. The minimum atomic E-state index is -0.615. The third-order valence-electron chi connectivity index (χ3n) is 4.94. The van der Waals surface area contributed by atoms with Crippen LogP contribution in [0.5, 0.6) is 0 Å². The third kappa shape index (κ3) is 3.65. The van der Waals surface area contributed by atoms with E-state index in [1.165, 1.54) is 22.2 Å². The fourth-order valence-electron chi connectivity index (χ4n) is 3.26. The van der Waals surface area contributed by atoms with Crippen molar-refractivity contribution in [1.29, 1.82) is 0 Å². The number of thiophene rings is 1. The van der Waals surface area contributed by atoms with Gasteiger partial charge < -0.3 is 9.64 Å². The molecule has 0 bridgehead atoms. The number of carbonyl (C=O) groups excluding carboxylic acids is 2. The first-order valence-electron chi connectivity index (χ1n) is 8.78. The van der Waals surface area contributed by atoms with Gasteiger partial charge >= 0.3 is 5.97 Å². The van der Waals surface area contributed by atoms with Crippen molar-refractivity contribution in [1.82, 2.24) is 14.5 Å². The lowest BCUT2D eigenvalue weighted by Gasteiger charge is -2.33. The van der Waals surface area contributed by atoms with Crippen LogP contribution in [0.2, 0.25) is 0 Å². The normalized spacial score (nSPS) is 17.5. The molecule has 1 aliphatic heterocycles. The molecule has 7 nitrogen and oxygen atoms in total. The number of carbonyl (C=O) groups is 2. The molecule has 1 aliphatic rings. The molecule has 8 heteroatoms. The highest BCUT2D eigenvalue weighted by Crippen LogP contribution is 2.25. The summed E-state index contributed by atoms with van der Waals surface area (Å²) in [5, 5.41) is 0.543. The molecule has 1 saturated heterocycles. The molecule has 0 unspecified atom stereocenters. The molecule has 26 heavy (non-hydrogen) atoms. The molecule has 0 spiro atoms. The van der Waals surface area contributed by atoms with Gasteiger partial charge in [-0.05, 0) is 45.6 Å². The Balaban J connectivity index is 1.64. The van der Waals surface area contributed by atoms with E-state index in [0.717, 1.165) is 29.7 Å². The lowest BCUT2D eigenvalue weighted by molar-refractivity contribution is -0.154. The summed E-state index contributed by atoms with van der Waals surface area (Å²) in [6.07, 6.45) is 4.42. The van der Waals surface area contributed by atoms with Crippen LogP contribution in [0.4, 0.5) is 0 Å². The summed E-state index contributed by atoms with van der Waals surface area (Å²) >= 11 is 1.46. The maximum atomic E-state index is 12.6. The van der Waals surface area contributed by atoms with Crippen LogP contribution in [0.3, 0.4) is 0 Å². The number of rotatable bonds is 4. The number of likely N-dealkylation sites (tertiary alicyclic amines) is 1. The lowest BCUT2D eigenvalue weighted by atomic mass is 10.0. The summed E-state index contributed by atoms with van der Waals surface area (Å²) in [5.41, 5.74) is 0.629. The van der Waals surface area contributed by atoms with E-state index in [2.05, 4.69) is 4.98 Å². The first-order chi connectivity index (χ1) is 12.4. The van der Waals surface area contributed by atoms with Crippen molar-refractivity contribution >= 4 is 33.4 Å². The molecule has 0 radical (unpaired) electrons. The number of piperidine rings is 1. The molecule has 1 atom stereocenters. The van der Waals surface area contributed by atoms with Crippen LogP contribution >= 0.6 is 11.3 Å². The zero-order valence-electron chi connectivity index (χ0n) is 15.3. The van der Waals surface area contributed by atoms with Crippen LogP contribution in [0.1, 0.15) is 36.6 Å². The number of hydrogen-bond acceptors (Lipinski definition) is 6. The molecule has 3 rings (SSSR count). The highest BCUT2D eigenvalue weighted by molar-refractivity contribution is 7.18. The van der Waals surface area contributed by atoms with Crippen molar-refractivity contribution in [2.75, 3.05) is 13.2 Å². The number of amides is 1. The average Bonchev–Trinajstić information content (AvgIpc) is 2.91. The second kappa shape index (κ2) is 7.57. The van der Waals surface area contributed by atoms with E-state index >= 15 is 0 Å². The molecule has 0 aromatic carbocycles. The molecule has 0 saturated carbocycles. The quantitative estimate of drug-likeness (QED) is 0.762. The van der Waals surface area contributed by atoms with Crippen LogP contribution in [0, 0.1) is 13.8 Å². The Morgan fingerprint density at radius 3 is 2.85 bits per heavy atom. The number of nitrogens with zero attached hydrogens (tertiary/aromatic N) is 3. The predicted octanol–water partition coefficient (Wildman–Crippen LogP) is 2.02. The Hall–Kier alpha value is -2.22. The Morgan fingerprint density at radius 2 is 2.12 bits per heavy atom. The maximum Gasteiger partial charge on any atom is 0.326 e. The third-order valence-corrected chi connectivity index (χ3v) is 6.05. The van der Waals surface area contributed by atoms with Crippen LogP contribution in [-0.2, 0) is 20.9 Å². The molecule has 1 fully saturated rings. The maximum absolute atomic E-state index is 12.6. The molecular weight excluding hydrogens is 354 g/mol. The highest BCUT2D eigenvalue weighted by atomic mass is 32.1. The Labute approximate surface area is 155 Å². The summed E-state index contributed by atoms with van der Waals surface area (Å²) < 4.78 is 6.33. The number of hydrogen-bond donors (Lipinski definition) is 0. The summed E-state index contributed by atoms with van der Waals surface area (Å²) in [7, 11) is 0. The van der Waals surface area contributed by atoms with E-state index in [-0.39, 0.29) is 30.7 Å². The van der Waals surface area contributed by atoms with Gasteiger partial charge in [-0.3, -0.25) is 19.0 Å². The van der Waals surface area contributed by atoms with Gasteiger partial charge in [0, 0.05) is 17.5 Å².